The van der Waals surface area contributed by atoms with Crippen molar-refractivity contribution in [2.24, 2.45) is 5.92 Å². The number of aromatic nitrogens is 1. The first kappa shape index (κ1) is 33.1. The number of benzene rings is 2. The molecule has 1 aromatic heterocycles. The third-order valence-electron chi connectivity index (χ3n) is 6.08. The smallest absolute Gasteiger partial charge is 0.408 e. The van der Waals surface area contributed by atoms with Gasteiger partial charge in [0.1, 0.15) is 17.2 Å². The Morgan fingerprint density at radius 2 is 1.79 bits per heavy atom. The minimum atomic E-state index is -1.20. The van der Waals surface area contributed by atoms with Crippen LogP contribution in [0.25, 0.3) is 11.1 Å². The van der Waals surface area contributed by atoms with Gasteiger partial charge in [0.15, 0.2) is 0 Å². The molecule has 0 aliphatic rings. The van der Waals surface area contributed by atoms with E-state index < -0.39 is 53.8 Å². The fraction of sp³-hybridized carbons (Fsp3) is 0.367. The van der Waals surface area contributed by atoms with Crippen molar-refractivity contribution in [3.63, 3.8) is 0 Å². The van der Waals surface area contributed by atoms with E-state index in [4.69, 9.17) is 20.8 Å². The number of carbonyl (C=O) groups excluding carboxylic acids is 3. The summed E-state index contributed by atoms with van der Waals surface area (Å²) in [6.07, 6.45) is 0.747. The summed E-state index contributed by atoms with van der Waals surface area (Å²) in [6, 6.07) is 10.4. The molecule has 13 heteroatoms. The zero-order valence-electron chi connectivity index (χ0n) is 24.2. The number of carbonyl (C=O) groups is 4. The molecule has 0 saturated carbocycles. The van der Waals surface area contributed by atoms with Crippen molar-refractivity contribution in [2.45, 2.75) is 52.2 Å². The SMILES string of the molecule is Cc1cnc(C(=O)N[C@H](Cc2ccc(-c3cc(Cl)ccc3F)cc2)C[C@@H](CNC(=O)CNC(=O)OC(C)(C)C)C(=O)O)o1. The molecule has 0 unspecified atom stereocenters. The number of hydrogen-bond acceptors (Lipinski definition) is 7. The number of rotatable bonds is 12. The third-order valence-corrected chi connectivity index (χ3v) is 6.32. The van der Waals surface area contributed by atoms with E-state index in [-0.39, 0.29) is 25.3 Å². The summed E-state index contributed by atoms with van der Waals surface area (Å²) < 4.78 is 24.7. The molecule has 0 bridgehead atoms. The number of oxazole rings is 1. The molecular formula is C30H34ClFN4O7. The van der Waals surface area contributed by atoms with Gasteiger partial charge < -0.3 is 30.2 Å². The van der Waals surface area contributed by atoms with Crippen LogP contribution in [0.3, 0.4) is 0 Å². The van der Waals surface area contributed by atoms with Gasteiger partial charge >= 0.3 is 18.0 Å². The van der Waals surface area contributed by atoms with Gasteiger partial charge in [0.2, 0.25) is 5.91 Å². The molecule has 0 aliphatic heterocycles. The van der Waals surface area contributed by atoms with Crippen LogP contribution in [-0.4, -0.2) is 58.7 Å². The summed E-state index contributed by atoms with van der Waals surface area (Å²) in [6.45, 7) is 5.99. The van der Waals surface area contributed by atoms with E-state index in [0.29, 0.717) is 21.9 Å². The highest BCUT2D eigenvalue weighted by Crippen LogP contribution is 2.27. The Morgan fingerprint density at radius 1 is 1.09 bits per heavy atom. The molecular weight excluding hydrogens is 583 g/mol. The summed E-state index contributed by atoms with van der Waals surface area (Å²) in [5, 5.41) is 17.8. The van der Waals surface area contributed by atoms with Gasteiger partial charge in [-0.1, -0.05) is 35.9 Å². The number of aryl methyl sites for hydroxylation is 1. The van der Waals surface area contributed by atoms with Crippen LogP contribution in [0.1, 0.15) is 49.2 Å². The van der Waals surface area contributed by atoms with E-state index in [9.17, 15) is 28.7 Å². The molecule has 2 atom stereocenters. The number of carboxylic acid groups (broad SMARTS) is 1. The Morgan fingerprint density at radius 3 is 2.40 bits per heavy atom. The molecule has 2 aromatic carbocycles. The molecule has 3 amide bonds. The fourth-order valence-electron chi connectivity index (χ4n) is 4.10. The van der Waals surface area contributed by atoms with Crippen molar-refractivity contribution in [3.8, 4) is 11.1 Å². The van der Waals surface area contributed by atoms with Crippen LogP contribution < -0.4 is 16.0 Å². The van der Waals surface area contributed by atoms with E-state index in [1.807, 2.05) is 0 Å². The van der Waals surface area contributed by atoms with Crippen LogP contribution in [0.5, 0.6) is 0 Å². The average Bonchev–Trinajstić information content (AvgIpc) is 3.37. The van der Waals surface area contributed by atoms with Gasteiger partial charge in [0, 0.05) is 23.2 Å². The van der Waals surface area contributed by atoms with Gasteiger partial charge in [-0.15, -0.1) is 0 Å². The summed E-state index contributed by atoms with van der Waals surface area (Å²) in [4.78, 5) is 53.0. The predicted molar refractivity (Wildman–Crippen MR) is 156 cm³/mol. The lowest BCUT2D eigenvalue weighted by Gasteiger charge is -2.23. The van der Waals surface area contributed by atoms with Crippen molar-refractivity contribution in [1.29, 1.82) is 0 Å². The molecule has 43 heavy (non-hydrogen) atoms. The molecule has 230 valence electrons. The summed E-state index contributed by atoms with van der Waals surface area (Å²) in [5.41, 5.74) is 0.899. The fourth-order valence-corrected chi connectivity index (χ4v) is 4.28. The first-order valence-electron chi connectivity index (χ1n) is 13.4. The second-order valence-corrected chi connectivity index (χ2v) is 11.3. The Hall–Kier alpha value is -4.45. The maximum atomic E-state index is 14.3. The van der Waals surface area contributed by atoms with Gasteiger partial charge in [0.25, 0.3) is 5.89 Å². The molecule has 1 heterocycles. The van der Waals surface area contributed by atoms with Crippen LogP contribution >= 0.6 is 11.6 Å². The van der Waals surface area contributed by atoms with E-state index in [1.54, 1.807) is 52.0 Å². The largest absolute Gasteiger partial charge is 0.481 e. The summed E-state index contributed by atoms with van der Waals surface area (Å²) in [5.74, 6) is -3.72. The van der Waals surface area contributed by atoms with Crippen LogP contribution in [0, 0.1) is 18.7 Å². The number of ether oxygens (including phenoxy) is 1. The van der Waals surface area contributed by atoms with Crippen LogP contribution in [0.15, 0.2) is 53.1 Å². The molecule has 0 fully saturated rings. The van der Waals surface area contributed by atoms with E-state index in [0.717, 1.165) is 5.56 Å². The lowest BCUT2D eigenvalue weighted by Crippen LogP contribution is -2.44. The number of nitrogens with zero attached hydrogens (tertiary/aromatic N) is 1. The molecule has 0 radical (unpaired) electrons. The lowest BCUT2D eigenvalue weighted by atomic mass is 9.93. The number of hydrogen-bond donors (Lipinski definition) is 4. The number of carboxylic acids is 1. The Bertz CT molecular complexity index is 1450. The molecule has 4 N–H and O–H groups in total. The van der Waals surface area contributed by atoms with E-state index in [1.165, 1.54) is 24.4 Å². The van der Waals surface area contributed by atoms with Crippen molar-refractivity contribution in [3.05, 3.63) is 76.7 Å². The van der Waals surface area contributed by atoms with Gasteiger partial charge in [0.05, 0.1) is 18.7 Å². The van der Waals surface area contributed by atoms with Gasteiger partial charge in [-0.3, -0.25) is 14.4 Å². The molecule has 0 saturated heterocycles. The minimum absolute atomic E-state index is 0.0643. The maximum absolute atomic E-state index is 14.3. The Labute approximate surface area is 253 Å². The minimum Gasteiger partial charge on any atom is -0.481 e. The number of aliphatic carboxylic acids is 1. The van der Waals surface area contributed by atoms with Gasteiger partial charge in [-0.2, -0.15) is 0 Å². The maximum Gasteiger partial charge on any atom is 0.408 e. The standard InChI is InChI=1S/C30H34ClFN4O7/c1-17-14-34-27(42-17)26(38)36-22(11-18-5-7-19(8-6-18)23-13-21(31)9-10-24(23)32)12-20(28(39)40)15-33-25(37)16-35-29(41)43-30(2,3)4/h5-10,13-14,20,22H,11-12,15-16H2,1-4H3,(H,33,37)(H,35,41)(H,36,38)(H,39,40)/t20-,22+/m0/s1. The van der Waals surface area contributed by atoms with E-state index in [2.05, 4.69) is 20.9 Å². The average molecular weight is 617 g/mol. The lowest BCUT2D eigenvalue weighted by molar-refractivity contribution is -0.142. The topological polar surface area (TPSA) is 160 Å². The third kappa shape index (κ3) is 10.7. The monoisotopic (exact) mass is 616 g/mol. The summed E-state index contributed by atoms with van der Waals surface area (Å²) in [7, 11) is 0. The van der Waals surface area contributed by atoms with Gasteiger partial charge in [-0.25, -0.2) is 14.2 Å². The number of alkyl carbamates (subject to hydrolysis) is 1. The molecule has 11 nitrogen and oxygen atoms in total. The molecule has 3 rings (SSSR count). The number of halogens is 2. The first-order valence-corrected chi connectivity index (χ1v) is 13.8. The van der Waals surface area contributed by atoms with Crippen molar-refractivity contribution < 1.29 is 37.8 Å². The zero-order valence-corrected chi connectivity index (χ0v) is 25.0. The second kappa shape index (κ2) is 14.6. The number of amides is 3. The summed E-state index contributed by atoms with van der Waals surface area (Å²) >= 11 is 6.02. The Kier molecular flexibility index (Phi) is 11.2. The van der Waals surface area contributed by atoms with Crippen LogP contribution in [0.2, 0.25) is 5.02 Å². The molecule has 3 aromatic rings. The second-order valence-electron chi connectivity index (χ2n) is 10.9. The first-order chi connectivity index (χ1) is 20.2. The zero-order chi connectivity index (χ0) is 31.7. The molecule has 0 spiro atoms. The normalized spacial score (nSPS) is 12.6. The quantitative estimate of drug-likeness (QED) is 0.231. The van der Waals surface area contributed by atoms with Crippen LogP contribution in [0.4, 0.5) is 9.18 Å². The highest BCUT2D eigenvalue weighted by molar-refractivity contribution is 6.30. The molecule has 0 aliphatic carbocycles. The van der Waals surface area contributed by atoms with E-state index >= 15 is 0 Å². The van der Waals surface area contributed by atoms with Crippen molar-refractivity contribution >= 4 is 35.5 Å². The van der Waals surface area contributed by atoms with Crippen molar-refractivity contribution in [1.82, 2.24) is 20.9 Å². The predicted octanol–water partition coefficient (Wildman–Crippen LogP) is 4.52. The Balaban J connectivity index is 1.71. The highest BCUT2D eigenvalue weighted by Gasteiger charge is 2.27. The highest BCUT2D eigenvalue weighted by atomic mass is 35.5. The number of nitrogens with one attached hydrogen (secondary N) is 3. The van der Waals surface area contributed by atoms with Crippen LogP contribution in [-0.2, 0) is 20.7 Å². The van der Waals surface area contributed by atoms with Gasteiger partial charge in [-0.05, 0) is 69.9 Å². The van der Waals surface area contributed by atoms with Crippen molar-refractivity contribution in [2.75, 3.05) is 13.1 Å².